The number of fused-ring (bicyclic) bond motifs is 5. The zero-order valence-electron chi connectivity index (χ0n) is 14.2. The third-order valence-corrected chi connectivity index (χ3v) is 5.75. The Morgan fingerprint density at radius 1 is 1.28 bits per heavy atom. The van der Waals surface area contributed by atoms with Gasteiger partial charge in [0.15, 0.2) is 11.6 Å². The lowest BCUT2D eigenvalue weighted by Crippen LogP contribution is -2.36. The molecule has 0 aromatic heterocycles. The standard InChI is InChI=1S/C20H20O5/c1-3-4-10-5-6-12(13(7-10)24-2)15-18(22)16-14-8-11(9-21)20(25-14)17(16)19(15)23/h5-7,11,14-17,20-21H,8-9H2,1-2H3/t11-,14+,15?,16+,17-,20-/m1/s1. The summed E-state index contributed by atoms with van der Waals surface area (Å²) in [5.41, 5.74) is 1.39. The molecule has 130 valence electrons. The summed E-state index contributed by atoms with van der Waals surface area (Å²) in [6, 6.07) is 5.35. The van der Waals surface area contributed by atoms with Crippen LogP contribution in [0.15, 0.2) is 18.2 Å². The lowest BCUT2D eigenvalue weighted by atomic mass is 9.75. The van der Waals surface area contributed by atoms with Crippen LogP contribution in [0.3, 0.4) is 0 Å². The number of hydrogen-bond acceptors (Lipinski definition) is 5. The number of hydrogen-bond donors (Lipinski definition) is 1. The minimum atomic E-state index is -0.806. The molecule has 5 nitrogen and oxygen atoms in total. The number of Topliss-reactive ketones (excluding diaryl/α,β-unsaturated/α-hetero) is 2. The van der Waals surface area contributed by atoms with Crippen molar-refractivity contribution in [2.45, 2.75) is 31.5 Å². The molecule has 2 aliphatic heterocycles. The van der Waals surface area contributed by atoms with Crippen LogP contribution in [0.4, 0.5) is 0 Å². The van der Waals surface area contributed by atoms with E-state index in [9.17, 15) is 14.7 Å². The van der Waals surface area contributed by atoms with Crippen LogP contribution in [0.2, 0.25) is 0 Å². The predicted octanol–water partition coefficient (Wildman–Crippen LogP) is 1.31. The number of aliphatic hydroxyl groups is 1. The molecule has 2 bridgehead atoms. The molecule has 1 N–H and O–H groups in total. The number of rotatable bonds is 3. The highest BCUT2D eigenvalue weighted by Crippen LogP contribution is 2.54. The van der Waals surface area contributed by atoms with Crippen LogP contribution in [-0.2, 0) is 14.3 Å². The highest BCUT2D eigenvalue weighted by atomic mass is 16.5. The number of benzene rings is 1. The van der Waals surface area contributed by atoms with E-state index in [1.54, 1.807) is 19.1 Å². The van der Waals surface area contributed by atoms with E-state index in [1.807, 2.05) is 6.07 Å². The first-order valence-electron chi connectivity index (χ1n) is 8.55. The summed E-state index contributed by atoms with van der Waals surface area (Å²) in [6.45, 7) is 1.74. The fourth-order valence-corrected chi connectivity index (χ4v) is 4.73. The molecular formula is C20H20O5. The molecule has 1 saturated carbocycles. The van der Waals surface area contributed by atoms with Gasteiger partial charge >= 0.3 is 0 Å². The van der Waals surface area contributed by atoms with Crippen molar-refractivity contribution in [3.63, 3.8) is 0 Å². The maximum absolute atomic E-state index is 13.1. The van der Waals surface area contributed by atoms with Gasteiger partial charge in [0.2, 0.25) is 0 Å². The average molecular weight is 340 g/mol. The van der Waals surface area contributed by atoms with Crippen LogP contribution in [0.5, 0.6) is 5.75 Å². The first-order chi connectivity index (χ1) is 12.1. The molecule has 2 saturated heterocycles. The molecule has 0 radical (unpaired) electrons. The molecule has 3 fully saturated rings. The SMILES string of the molecule is CC#Cc1ccc(C2C(=O)[C@@H]3[C@@H]4O[C@@H](C[C@@H]4CO)[C@@H]3C2=O)c(OC)c1. The van der Waals surface area contributed by atoms with Gasteiger partial charge in [-0.05, 0) is 25.5 Å². The van der Waals surface area contributed by atoms with Crippen molar-refractivity contribution in [2.75, 3.05) is 13.7 Å². The van der Waals surface area contributed by atoms with E-state index in [4.69, 9.17) is 9.47 Å². The monoisotopic (exact) mass is 340 g/mol. The van der Waals surface area contributed by atoms with Crippen LogP contribution in [0, 0.1) is 29.6 Å². The van der Waals surface area contributed by atoms with Gasteiger partial charge in [-0.3, -0.25) is 9.59 Å². The van der Waals surface area contributed by atoms with Gasteiger partial charge in [0.25, 0.3) is 0 Å². The van der Waals surface area contributed by atoms with E-state index < -0.39 is 11.8 Å². The van der Waals surface area contributed by atoms with Gasteiger partial charge in [-0.2, -0.15) is 0 Å². The summed E-state index contributed by atoms with van der Waals surface area (Å²) in [6.07, 6.45) is 0.0680. The van der Waals surface area contributed by atoms with Crippen molar-refractivity contribution < 1.29 is 24.2 Å². The van der Waals surface area contributed by atoms with E-state index in [0.29, 0.717) is 17.7 Å². The Hall–Kier alpha value is -2.16. The lowest BCUT2D eigenvalue weighted by molar-refractivity contribution is -0.127. The van der Waals surface area contributed by atoms with Gasteiger partial charge in [0.05, 0.1) is 31.2 Å². The smallest absolute Gasteiger partial charge is 0.154 e. The topological polar surface area (TPSA) is 72.8 Å². The second-order valence-corrected chi connectivity index (χ2v) is 6.94. The summed E-state index contributed by atoms with van der Waals surface area (Å²) >= 11 is 0. The Kier molecular flexibility index (Phi) is 3.90. The molecule has 1 aromatic carbocycles. The zero-order valence-corrected chi connectivity index (χ0v) is 14.2. The second-order valence-electron chi connectivity index (χ2n) is 6.94. The Bertz CT molecular complexity index is 802. The van der Waals surface area contributed by atoms with Crippen molar-refractivity contribution >= 4 is 11.6 Å². The maximum Gasteiger partial charge on any atom is 0.154 e. The van der Waals surface area contributed by atoms with E-state index >= 15 is 0 Å². The second kappa shape index (κ2) is 5.98. The molecule has 0 amide bonds. The van der Waals surface area contributed by atoms with Crippen LogP contribution in [0.1, 0.15) is 30.4 Å². The van der Waals surface area contributed by atoms with Gasteiger partial charge in [-0.1, -0.05) is 12.0 Å². The van der Waals surface area contributed by atoms with Crippen molar-refractivity contribution in [3.8, 4) is 17.6 Å². The number of ether oxygens (including phenoxy) is 2. The zero-order chi connectivity index (χ0) is 17.7. The average Bonchev–Trinajstić information content (AvgIpc) is 3.27. The Balaban J connectivity index is 1.72. The molecule has 1 unspecified atom stereocenters. The minimum Gasteiger partial charge on any atom is -0.496 e. The lowest BCUT2D eigenvalue weighted by Gasteiger charge is -2.24. The maximum atomic E-state index is 13.1. The van der Waals surface area contributed by atoms with Crippen LogP contribution in [0.25, 0.3) is 0 Å². The highest BCUT2D eigenvalue weighted by molar-refractivity contribution is 6.17. The van der Waals surface area contributed by atoms with Crippen molar-refractivity contribution in [1.82, 2.24) is 0 Å². The Morgan fingerprint density at radius 3 is 2.72 bits per heavy atom. The van der Waals surface area contributed by atoms with Crippen LogP contribution >= 0.6 is 0 Å². The van der Waals surface area contributed by atoms with Gasteiger partial charge < -0.3 is 14.6 Å². The minimum absolute atomic E-state index is 0.00969. The van der Waals surface area contributed by atoms with Crippen LogP contribution in [-0.4, -0.2) is 42.6 Å². The molecule has 4 rings (SSSR count). The Morgan fingerprint density at radius 2 is 2.04 bits per heavy atom. The molecule has 5 heteroatoms. The summed E-state index contributed by atoms with van der Waals surface area (Å²) in [5.74, 6) is 4.43. The van der Waals surface area contributed by atoms with Gasteiger partial charge in [-0.25, -0.2) is 0 Å². The van der Waals surface area contributed by atoms with Crippen LogP contribution < -0.4 is 4.74 Å². The van der Waals surface area contributed by atoms with E-state index in [1.165, 1.54) is 7.11 Å². The fraction of sp³-hybridized carbons (Fsp3) is 0.500. The summed E-state index contributed by atoms with van der Waals surface area (Å²) in [5, 5.41) is 9.50. The Labute approximate surface area is 146 Å². The van der Waals surface area contributed by atoms with Gasteiger partial charge in [0, 0.05) is 23.7 Å². The molecular weight excluding hydrogens is 320 g/mol. The number of ketones is 2. The summed E-state index contributed by atoms with van der Waals surface area (Å²) in [4.78, 5) is 26.1. The number of carbonyl (C=O) groups excluding carboxylic acids is 2. The molecule has 1 aliphatic carbocycles. The fourth-order valence-electron chi connectivity index (χ4n) is 4.73. The largest absolute Gasteiger partial charge is 0.496 e. The first kappa shape index (κ1) is 16.3. The predicted molar refractivity (Wildman–Crippen MR) is 89.1 cm³/mol. The van der Waals surface area contributed by atoms with Crippen molar-refractivity contribution in [1.29, 1.82) is 0 Å². The summed E-state index contributed by atoms with van der Waals surface area (Å²) < 4.78 is 11.3. The van der Waals surface area contributed by atoms with Crippen molar-refractivity contribution in [2.24, 2.45) is 17.8 Å². The third kappa shape index (κ3) is 2.25. The quantitative estimate of drug-likeness (QED) is 0.664. The molecule has 6 atom stereocenters. The van der Waals surface area contributed by atoms with E-state index in [-0.39, 0.29) is 42.2 Å². The van der Waals surface area contributed by atoms with Gasteiger partial charge in [0.1, 0.15) is 11.7 Å². The van der Waals surface area contributed by atoms with Crippen molar-refractivity contribution in [3.05, 3.63) is 29.3 Å². The van der Waals surface area contributed by atoms with E-state index in [0.717, 1.165) is 5.56 Å². The molecule has 2 heterocycles. The van der Waals surface area contributed by atoms with E-state index in [2.05, 4.69) is 11.8 Å². The highest BCUT2D eigenvalue weighted by Gasteiger charge is 2.65. The molecule has 25 heavy (non-hydrogen) atoms. The third-order valence-electron chi connectivity index (χ3n) is 5.75. The molecule has 3 aliphatic rings. The van der Waals surface area contributed by atoms with Gasteiger partial charge in [-0.15, -0.1) is 5.92 Å². The number of aliphatic hydroxyl groups excluding tert-OH is 1. The first-order valence-corrected chi connectivity index (χ1v) is 8.55. The number of methoxy groups -OCH3 is 1. The molecule has 1 aromatic rings. The number of carbonyl (C=O) groups is 2. The molecule has 0 spiro atoms. The normalized spacial score (nSPS) is 35.5. The summed E-state index contributed by atoms with van der Waals surface area (Å²) in [7, 11) is 1.53.